The van der Waals surface area contributed by atoms with Gasteiger partial charge in [-0.05, 0) is 25.0 Å². The monoisotopic (exact) mass is 306 g/mol. The van der Waals surface area contributed by atoms with Crippen LogP contribution in [0, 0.1) is 6.92 Å². The van der Waals surface area contributed by atoms with Crippen molar-refractivity contribution in [1.82, 2.24) is 5.06 Å². The van der Waals surface area contributed by atoms with Crippen LogP contribution in [0.2, 0.25) is 0 Å². The van der Waals surface area contributed by atoms with Gasteiger partial charge in [0.15, 0.2) is 6.04 Å². The number of nitrogens with two attached hydrogens (primary N) is 1. The molecule has 0 saturated heterocycles. The Morgan fingerprint density at radius 3 is 2.36 bits per heavy atom. The third-order valence-corrected chi connectivity index (χ3v) is 2.97. The molecular formula is C15H18N2O5. The van der Waals surface area contributed by atoms with Crippen LogP contribution in [-0.4, -0.2) is 39.2 Å². The maximum Gasteiger partial charge on any atom is 0.329 e. The zero-order chi connectivity index (χ0) is 16.7. The minimum absolute atomic E-state index is 0.0932. The minimum atomic E-state index is -1.53. The summed E-state index contributed by atoms with van der Waals surface area (Å²) in [4.78, 5) is 33.5. The van der Waals surface area contributed by atoms with Crippen molar-refractivity contribution in [3.8, 4) is 0 Å². The number of amides is 2. The average Bonchev–Trinajstić information content (AvgIpc) is 2.45. The Hall–Kier alpha value is -2.67. The largest absolute Gasteiger partial charge is 0.480 e. The van der Waals surface area contributed by atoms with E-state index in [0.717, 1.165) is 17.2 Å². The molecule has 0 fully saturated rings. The summed E-state index contributed by atoms with van der Waals surface area (Å²) in [5.41, 5.74) is 6.73. The number of hydrogen-bond acceptors (Lipinski definition) is 4. The number of carbonyl (C=O) groups is 3. The van der Waals surface area contributed by atoms with Gasteiger partial charge < -0.3 is 10.8 Å². The van der Waals surface area contributed by atoms with Crippen molar-refractivity contribution in [3.05, 3.63) is 41.5 Å². The second kappa shape index (κ2) is 7.94. The van der Waals surface area contributed by atoms with Crippen LogP contribution >= 0.6 is 0 Å². The number of aliphatic carboxylic acids is 1. The van der Waals surface area contributed by atoms with Gasteiger partial charge >= 0.3 is 5.97 Å². The summed E-state index contributed by atoms with van der Waals surface area (Å²) in [6.07, 6.45) is 2.01. The van der Waals surface area contributed by atoms with Crippen LogP contribution in [0.4, 0.5) is 0 Å². The molecule has 1 aromatic rings. The third kappa shape index (κ3) is 5.37. The number of hydroxylamine groups is 2. The Balaban J connectivity index is 2.74. The van der Waals surface area contributed by atoms with Crippen LogP contribution in [0.1, 0.15) is 24.0 Å². The van der Waals surface area contributed by atoms with Crippen LogP contribution in [0.25, 0.3) is 6.08 Å². The standard InChI is InChI=1S/C15H18N2O5/c1-10-2-4-11(5-3-10)6-9-14(19)17(22)12(15(20)21)7-8-13(16)18/h2-6,9,12,22H,7-8H2,1H3,(H2,16,18)(H,20,21)/b9-6+. The highest BCUT2D eigenvalue weighted by Crippen LogP contribution is 2.09. The number of nitrogens with zero attached hydrogens (tertiary/aromatic N) is 1. The first-order chi connectivity index (χ1) is 10.3. The molecule has 118 valence electrons. The van der Waals surface area contributed by atoms with Crippen LogP contribution < -0.4 is 5.73 Å². The van der Waals surface area contributed by atoms with Gasteiger partial charge in [0.05, 0.1) is 0 Å². The number of carboxylic acids is 1. The molecule has 0 spiro atoms. The first kappa shape index (κ1) is 17.4. The summed E-state index contributed by atoms with van der Waals surface area (Å²) in [5, 5.41) is 18.8. The topological polar surface area (TPSA) is 121 Å². The van der Waals surface area contributed by atoms with Gasteiger partial charge in [-0.2, -0.15) is 0 Å². The molecule has 0 aliphatic rings. The third-order valence-electron chi connectivity index (χ3n) is 2.97. The molecule has 22 heavy (non-hydrogen) atoms. The van der Waals surface area contributed by atoms with Crippen molar-refractivity contribution in [2.45, 2.75) is 25.8 Å². The van der Waals surface area contributed by atoms with E-state index in [4.69, 9.17) is 10.8 Å². The Bertz CT molecular complexity index is 580. The molecule has 1 unspecified atom stereocenters. The van der Waals surface area contributed by atoms with E-state index in [0.29, 0.717) is 0 Å². The Morgan fingerprint density at radius 1 is 1.27 bits per heavy atom. The smallest absolute Gasteiger partial charge is 0.329 e. The van der Waals surface area contributed by atoms with Gasteiger partial charge in [-0.15, -0.1) is 0 Å². The lowest BCUT2D eigenvalue weighted by molar-refractivity contribution is -0.182. The molecule has 0 heterocycles. The van der Waals surface area contributed by atoms with E-state index in [-0.39, 0.29) is 17.9 Å². The Labute approximate surface area is 127 Å². The van der Waals surface area contributed by atoms with Gasteiger partial charge in [-0.1, -0.05) is 29.8 Å². The van der Waals surface area contributed by atoms with Gasteiger partial charge in [0.25, 0.3) is 5.91 Å². The number of rotatable bonds is 7. The summed E-state index contributed by atoms with van der Waals surface area (Å²) in [7, 11) is 0. The van der Waals surface area contributed by atoms with E-state index in [2.05, 4.69) is 0 Å². The van der Waals surface area contributed by atoms with E-state index in [1.54, 1.807) is 12.1 Å². The molecule has 0 aliphatic heterocycles. The molecule has 0 aromatic heterocycles. The zero-order valence-corrected chi connectivity index (χ0v) is 12.1. The van der Waals surface area contributed by atoms with Gasteiger partial charge in [-0.3, -0.25) is 14.8 Å². The molecule has 0 radical (unpaired) electrons. The molecule has 1 rings (SSSR count). The van der Waals surface area contributed by atoms with Crippen molar-refractivity contribution in [2.75, 3.05) is 0 Å². The maximum absolute atomic E-state index is 11.8. The summed E-state index contributed by atoms with van der Waals surface area (Å²) in [6.45, 7) is 1.92. The summed E-state index contributed by atoms with van der Waals surface area (Å²) in [5.74, 6) is -3.01. The first-order valence-electron chi connectivity index (χ1n) is 6.59. The predicted octanol–water partition coefficient (Wildman–Crippen LogP) is 0.945. The second-order valence-electron chi connectivity index (χ2n) is 4.79. The van der Waals surface area contributed by atoms with E-state index >= 15 is 0 Å². The highest BCUT2D eigenvalue weighted by Gasteiger charge is 2.27. The van der Waals surface area contributed by atoms with E-state index in [1.165, 1.54) is 6.08 Å². The van der Waals surface area contributed by atoms with Crippen LogP contribution in [-0.2, 0) is 14.4 Å². The van der Waals surface area contributed by atoms with Crippen molar-refractivity contribution in [3.63, 3.8) is 0 Å². The maximum atomic E-state index is 11.8. The molecule has 0 aliphatic carbocycles. The molecule has 7 heteroatoms. The fourth-order valence-corrected chi connectivity index (χ4v) is 1.70. The van der Waals surface area contributed by atoms with Gasteiger partial charge in [0.2, 0.25) is 5.91 Å². The number of carboxylic acid groups (broad SMARTS) is 1. The van der Waals surface area contributed by atoms with Gasteiger partial charge in [0.1, 0.15) is 0 Å². The van der Waals surface area contributed by atoms with Crippen molar-refractivity contribution >= 4 is 23.9 Å². The number of aryl methyl sites for hydroxylation is 1. The Morgan fingerprint density at radius 2 is 1.86 bits per heavy atom. The van der Waals surface area contributed by atoms with Crippen molar-refractivity contribution in [1.29, 1.82) is 0 Å². The lowest BCUT2D eigenvalue weighted by Crippen LogP contribution is -2.42. The van der Waals surface area contributed by atoms with E-state index < -0.39 is 23.8 Å². The van der Waals surface area contributed by atoms with Crippen molar-refractivity contribution in [2.24, 2.45) is 5.73 Å². The summed E-state index contributed by atoms with van der Waals surface area (Å²) in [6, 6.07) is 5.75. The highest BCUT2D eigenvalue weighted by atomic mass is 16.5. The fourth-order valence-electron chi connectivity index (χ4n) is 1.70. The van der Waals surface area contributed by atoms with E-state index in [1.807, 2.05) is 19.1 Å². The molecule has 1 aromatic carbocycles. The second-order valence-corrected chi connectivity index (χ2v) is 4.79. The lowest BCUT2D eigenvalue weighted by Gasteiger charge is -2.20. The molecule has 4 N–H and O–H groups in total. The summed E-state index contributed by atoms with van der Waals surface area (Å²) >= 11 is 0. The number of benzene rings is 1. The van der Waals surface area contributed by atoms with Crippen LogP contribution in [0.5, 0.6) is 0 Å². The minimum Gasteiger partial charge on any atom is -0.480 e. The van der Waals surface area contributed by atoms with Gasteiger partial charge in [-0.25, -0.2) is 9.86 Å². The molecule has 1 atom stereocenters. The predicted molar refractivity (Wildman–Crippen MR) is 78.7 cm³/mol. The normalized spacial score (nSPS) is 12.1. The van der Waals surface area contributed by atoms with Crippen LogP contribution in [0.3, 0.4) is 0 Å². The number of primary amides is 1. The van der Waals surface area contributed by atoms with Gasteiger partial charge in [0, 0.05) is 12.5 Å². The number of hydrogen-bond donors (Lipinski definition) is 3. The molecule has 2 amide bonds. The fraction of sp³-hybridized carbons (Fsp3) is 0.267. The first-order valence-corrected chi connectivity index (χ1v) is 6.59. The van der Waals surface area contributed by atoms with E-state index in [9.17, 15) is 19.6 Å². The van der Waals surface area contributed by atoms with Crippen LogP contribution in [0.15, 0.2) is 30.3 Å². The molecule has 7 nitrogen and oxygen atoms in total. The summed E-state index contributed by atoms with van der Waals surface area (Å²) < 4.78 is 0. The van der Waals surface area contributed by atoms with Crippen molar-refractivity contribution < 1.29 is 24.7 Å². The highest BCUT2D eigenvalue weighted by molar-refractivity contribution is 5.93. The molecular weight excluding hydrogens is 288 g/mol. The Kier molecular flexibility index (Phi) is 6.27. The lowest BCUT2D eigenvalue weighted by atomic mass is 10.1. The molecule has 0 bridgehead atoms. The SMILES string of the molecule is Cc1ccc(/C=C/C(=O)N(O)C(CCC(N)=O)C(=O)O)cc1. The average molecular weight is 306 g/mol. The zero-order valence-electron chi connectivity index (χ0n) is 12.1. The quantitative estimate of drug-likeness (QED) is 0.393. The number of carbonyl (C=O) groups excluding carboxylic acids is 2. The molecule has 0 saturated carbocycles.